The monoisotopic (exact) mass is 1170 g/mol. The van der Waals surface area contributed by atoms with Crippen LogP contribution in [0.5, 0.6) is 0 Å². The van der Waals surface area contributed by atoms with Crippen LogP contribution in [-0.4, -0.2) is 15.8 Å². The van der Waals surface area contributed by atoms with Crippen LogP contribution >= 0.6 is 0 Å². The fourth-order valence-corrected chi connectivity index (χ4v) is 16.6. The molecule has 0 unspecified atom stereocenters. The van der Waals surface area contributed by atoms with Crippen LogP contribution in [0.2, 0.25) is 0 Å². The van der Waals surface area contributed by atoms with Crippen LogP contribution in [0.1, 0.15) is 207 Å². The van der Waals surface area contributed by atoms with Gasteiger partial charge in [-0.25, -0.2) is 0 Å². The summed E-state index contributed by atoms with van der Waals surface area (Å²) < 4.78 is 5.63. The van der Waals surface area contributed by atoms with Crippen molar-refractivity contribution in [1.29, 1.82) is 0 Å². The van der Waals surface area contributed by atoms with Crippen LogP contribution in [0.15, 0.2) is 158 Å². The summed E-state index contributed by atoms with van der Waals surface area (Å²) in [5, 5.41) is 7.89. The third kappa shape index (κ3) is 7.83. The molecule has 2 nitrogen and oxygen atoms in total. The van der Waals surface area contributed by atoms with E-state index in [-0.39, 0.29) is 44.6 Å². The summed E-state index contributed by atoms with van der Waals surface area (Å²) in [6.07, 6.45) is 0. The van der Waals surface area contributed by atoms with Crippen molar-refractivity contribution in [3.8, 4) is 44.8 Å². The first kappa shape index (κ1) is 57.3. The lowest BCUT2D eigenvalue weighted by Crippen LogP contribution is -2.61. The molecule has 16 rings (SSSR count). The fraction of sp³-hybridized carbons (Fsp3) is 0.333. The molecule has 450 valence electrons. The average Bonchev–Trinajstić information content (AvgIpc) is 1.40. The van der Waals surface area contributed by atoms with Crippen LogP contribution in [-0.2, 0) is 43.3 Å². The van der Waals surface area contributed by atoms with Gasteiger partial charge < -0.3 is 9.13 Å². The lowest BCUT2D eigenvalue weighted by atomic mass is 9.33. The van der Waals surface area contributed by atoms with Crippen molar-refractivity contribution in [2.75, 3.05) is 0 Å². The zero-order valence-electron chi connectivity index (χ0n) is 57.5. The molecule has 4 aliphatic rings. The third-order valence-corrected chi connectivity index (χ3v) is 21.9. The molecule has 90 heavy (non-hydrogen) atoms. The summed E-state index contributed by atoms with van der Waals surface area (Å²) in [6, 6.07) is 65.2. The van der Waals surface area contributed by atoms with Gasteiger partial charge in [0.2, 0.25) is 0 Å². The number of benzene rings is 10. The zero-order valence-corrected chi connectivity index (χ0v) is 57.5. The second kappa shape index (κ2) is 17.8. The van der Waals surface area contributed by atoms with E-state index in [1.54, 1.807) is 0 Å². The van der Waals surface area contributed by atoms with Gasteiger partial charge in [0, 0.05) is 43.8 Å². The summed E-state index contributed by atoms with van der Waals surface area (Å²) >= 11 is 0. The van der Waals surface area contributed by atoms with Gasteiger partial charge in [0.05, 0.1) is 22.1 Å². The number of fused-ring (bicyclic) bond motifs is 15. The molecule has 0 radical (unpaired) electrons. The van der Waals surface area contributed by atoms with Gasteiger partial charge in [-0.15, -0.1) is 0 Å². The second-order valence-corrected chi connectivity index (χ2v) is 35.1. The van der Waals surface area contributed by atoms with Crippen molar-refractivity contribution in [3.63, 3.8) is 0 Å². The van der Waals surface area contributed by atoms with Gasteiger partial charge in [-0.1, -0.05) is 255 Å². The zero-order chi connectivity index (χ0) is 63.6. The summed E-state index contributed by atoms with van der Waals surface area (Å²) in [4.78, 5) is 0. The molecule has 12 aromatic rings. The highest BCUT2D eigenvalue weighted by Gasteiger charge is 2.56. The number of aromatic nitrogens is 2. The van der Waals surface area contributed by atoms with Crippen molar-refractivity contribution in [3.05, 3.63) is 219 Å². The van der Waals surface area contributed by atoms with E-state index in [4.69, 9.17) is 0 Å². The van der Waals surface area contributed by atoms with Gasteiger partial charge in [-0.2, -0.15) is 0 Å². The Balaban J connectivity index is 1.17. The minimum absolute atomic E-state index is 0.0462. The van der Waals surface area contributed by atoms with Crippen LogP contribution in [0.3, 0.4) is 0 Å². The van der Waals surface area contributed by atoms with E-state index < -0.39 is 5.41 Å². The fourth-order valence-electron chi connectivity index (χ4n) is 16.6. The predicted molar refractivity (Wildman–Crippen MR) is 390 cm³/mol. The lowest BCUT2D eigenvalue weighted by Gasteiger charge is -2.45. The standard InChI is InChI=1S/C87H89BN2/c1-80(2,3)53-28-26-48(27-29-53)50-24-22-49-23-25-51(37-52(49)36-50)62-47-70-79-74-78(62)89-73-35-32-54(81(4,5)6)38-63(73)64-40-58(85(16,17)18)45-71(76(64)89)88(74)72-46-59(86(19,20)21)41-66-65-39-57(84(13,14)15)44-69(75(65)90(79)77(66)72)87(70)67-42-55(82(7,8)9)30-33-60(67)61-34-31-56(43-68(61)87)83(10,11)12/h22-47H,1-21H3. The maximum absolute atomic E-state index is 2.85. The van der Waals surface area contributed by atoms with E-state index in [0.29, 0.717) is 0 Å². The Hall–Kier alpha value is -7.88. The minimum Gasteiger partial charge on any atom is -0.310 e. The quantitative estimate of drug-likeness (QED) is 0.153. The van der Waals surface area contributed by atoms with Crippen molar-refractivity contribution < 1.29 is 0 Å². The molecule has 2 aromatic heterocycles. The first-order chi connectivity index (χ1) is 42.0. The van der Waals surface area contributed by atoms with E-state index in [2.05, 4.69) is 312 Å². The summed E-state index contributed by atoms with van der Waals surface area (Å²) in [5.74, 6) is 0. The maximum Gasteiger partial charge on any atom is 0.252 e. The molecule has 3 aliphatic heterocycles. The highest BCUT2D eigenvalue weighted by Crippen LogP contribution is 2.64. The normalized spacial score (nSPS) is 15.0. The average molecular weight is 1170 g/mol. The minimum atomic E-state index is -0.725. The molecule has 10 aromatic carbocycles. The Morgan fingerprint density at radius 1 is 0.278 bits per heavy atom. The molecule has 1 spiro atoms. The van der Waals surface area contributed by atoms with Crippen molar-refractivity contribution >= 4 is 77.5 Å². The summed E-state index contributed by atoms with van der Waals surface area (Å²) in [5.41, 5.74) is 33.7. The lowest BCUT2D eigenvalue weighted by molar-refractivity contribution is 0.583. The molecule has 0 atom stereocenters. The Morgan fingerprint density at radius 3 is 1.22 bits per heavy atom. The highest BCUT2D eigenvalue weighted by molar-refractivity contribution is 7.00. The van der Waals surface area contributed by atoms with Crippen molar-refractivity contribution in [1.82, 2.24) is 9.13 Å². The number of hydrogen-bond acceptors (Lipinski definition) is 0. The largest absolute Gasteiger partial charge is 0.310 e. The summed E-state index contributed by atoms with van der Waals surface area (Å²) in [7, 11) is 0. The SMILES string of the molecule is CC(C)(C)c1ccc(-c2ccc3ccc(-c4cc5c6c7c4-n4c8ccc(C(C)(C)C)cc8c8cc(C(C)(C)C)cc(c84)B7c4cc(C(C)(C)C)cc7c8cc(C(C)(C)C)cc(c8n-6c47)C54c5cc(C(C)(C)C)ccc5-c5ccc(C(C)(C)C)cc54)cc3c2)cc1. The van der Waals surface area contributed by atoms with Gasteiger partial charge in [0.15, 0.2) is 0 Å². The molecule has 0 fully saturated rings. The third-order valence-electron chi connectivity index (χ3n) is 21.9. The molecular formula is C87H89BN2. The van der Waals surface area contributed by atoms with E-state index in [1.165, 1.54) is 177 Å². The Kier molecular flexibility index (Phi) is 11.3. The molecule has 0 N–H and O–H groups in total. The van der Waals surface area contributed by atoms with E-state index in [0.717, 1.165) is 0 Å². The molecule has 0 saturated carbocycles. The molecule has 0 amide bonds. The van der Waals surface area contributed by atoms with E-state index in [1.807, 2.05) is 0 Å². The van der Waals surface area contributed by atoms with Gasteiger partial charge in [-0.05, 0) is 203 Å². The van der Waals surface area contributed by atoms with Gasteiger partial charge in [-0.3, -0.25) is 0 Å². The molecular weight excluding hydrogens is 1080 g/mol. The molecule has 1 aliphatic carbocycles. The molecule has 5 heterocycles. The Morgan fingerprint density at radius 2 is 0.689 bits per heavy atom. The van der Waals surface area contributed by atoms with Crippen molar-refractivity contribution in [2.45, 2.75) is 189 Å². The number of nitrogens with zero attached hydrogens (tertiary/aromatic N) is 2. The topological polar surface area (TPSA) is 9.86 Å². The maximum atomic E-state index is 2.85. The van der Waals surface area contributed by atoms with Crippen LogP contribution in [0.4, 0.5) is 0 Å². The molecule has 3 heteroatoms. The highest BCUT2D eigenvalue weighted by atomic mass is 15.1. The molecule has 0 bridgehead atoms. The number of hydrogen-bond donors (Lipinski definition) is 0. The predicted octanol–water partition coefficient (Wildman–Crippen LogP) is 21.3. The van der Waals surface area contributed by atoms with E-state index in [9.17, 15) is 0 Å². The summed E-state index contributed by atoms with van der Waals surface area (Å²) in [6.45, 7) is 50.2. The van der Waals surface area contributed by atoms with Crippen LogP contribution in [0.25, 0.3) is 99.1 Å². The van der Waals surface area contributed by atoms with Gasteiger partial charge in [0.25, 0.3) is 6.71 Å². The van der Waals surface area contributed by atoms with Crippen LogP contribution in [0, 0.1) is 0 Å². The van der Waals surface area contributed by atoms with Gasteiger partial charge in [0.1, 0.15) is 0 Å². The van der Waals surface area contributed by atoms with Crippen molar-refractivity contribution in [2.24, 2.45) is 0 Å². The second-order valence-electron chi connectivity index (χ2n) is 35.1. The Labute approximate surface area is 535 Å². The van der Waals surface area contributed by atoms with E-state index >= 15 is 0 Å². The number of rotatable bonds is 2. The first-order valence-corrected chi connectivity index (χ1v) is 33.5. The first-order valence-electron chi connectivity index (χ1n) is 33.5. The molecule has 0 saturated heterocycles. The Bertz CT molecular complexity index is 5120. The van der Waals surface area contributed by atoms with Crippen LogP contribution < -0.4 is 16.4 Å². The smallest absolute Gasteiger partial charge is 0.252 e. The van der Waals surface area contributed by atoms with Gasteiger partial charge >= 0.3 is 0 Å².